The van der Waals surface area contributed by atoms with E-state index in [2.05, 4.69) is 28.2 Å². The molecular weight excluding hydrogens is 478 g/mol. The summed E-state index contributed by atoms with van der Waals surface area (Å²) in [6.07, 6.45) is 5.48. The molecule has 0 unspecified atom stereocenters. The number of morpholine rings is 1. The van der Waals surface area contributed by atoms with E-state index in [1.54, 1.807) is 6.26 Å². The van der Waals surface area contributed by atoms with Crippen LogP contribution in [-0.2, 0) is 42.0 Å². The first kappa shape index (κ1) is 24.7. The van der Waals surface area contributed by atoms with Crippen LogP contribution >= 0.6 is 0 Å². The van der Waals surface area contributed by atoms with Crippen LogP contribution in [0.25, 0.3) is 10.9 Å². The normalized spacial score (nSPS) is 15.3. The molecule has 8 nitrogen and oxygen atoms in total. The molecule has 1 aliphatic heterocycles. The first-order valence-corrected chi connectivity index (χ1v) is 13.6. The average molecular weight is 514 g/mol. The van der Waals surface area contributed by atoms with Crippen LogP contribution in [-0.4, -0.2) is 51.9 Å². The number of furan rings is 1. The van der Waals surface area contributed by atoms with Crippen molar-refractivity contribution in [2.75, 3.05) is 31.2 Å². The van der Waals surface area contributed by atoms with Gasteiger partial charge in [0.1, 0.15) is 11.6 Å². The predicted molar refractivity (Wildman–Crippen MR) is 146 cm³/mol. The second-order valence-corrected chi connectivity index (χ2v) is 10.5. The van der Waals surface area contributed by atoms with Gasteiger partial charge in [0.05, 0.1) is 37.2 Å². The van der Waals surface area contributed by atoms with Crippen LogP contribution in [0.3, 0.4) is 0 Å². The summed E-state index contributed by atoms with van der Waals surface area (Å²) in [5.74, 6) is 1.79. The van der Waals surface area contributed by atoms with Crippen LogP contribution in [0.1, 0.15) is 46.7 Å². The van der Waals surface area contributed by atoms with Crippen molar-refractivity contribution < 1.29 is 13.9 Å². The van der Waals surface area contributed by atoms with Gasteiger partial charge in [0.2, 0.25) is 5.91 Å². The van der Waals surface area contributed by atoms with Crippen LogP contribution in [0.2, 0.25) is 0 Å². The van der Waals surface area contributed by atoms with E-state index >= 15 is 0 Å². The average Bonchev–Trinajstić information content (AvgIpc) is 3.67. The molecule has 0 bridgehead atoms. The van der Waals surface area contributed by atoms with Gasteiger partial charge in [-0.25, -0.2) is 4.98 Å². The maximum absolute atomic E-state index is 13.7. The number of carbonyl (C=O) groups is 1. The second-order valence-electron chi connectivity index (χ2n) is 10.5. The number of nitrogens with zero attached hydrogens (tertiary/aromatic N) is 5. The lowest BCUT2D eigenvalue weighted by molar-refractivity contribution is -0.133. The van der Waals surface area contributed by atoms with Gasteiger partial charge >= 0.3 is 0 Å². The molecule has 38 heavy (non-hydrogen) atoms. The Morgan fingerprint density at radius 3 is 2.61 bits per heavy atom. The monoisotopic (exact) mass is 513 g/mol. The number of pyridine rings is 1. The number of amides is 1. The fraction of sp³-hybridized carbons (Fsp3) is 0.433. The van der Waals surface area contributed by atoms with E-state index in [4.69, 9.17) is 14.1 Å². The van der Waals surface area contributed by atoms with Gasteiger partial charge in [0, 0.05) is 49.2 Å². The number of aryl methyl sites for hydroxylation is 5. The molecule has 4 aromatic rings. The zero-order valence-electron chi connectivity index (χ0n) is 22.3. The maximum atomic E-state index is 13.7. The van der Waals surface area contributed by atoms with Gasteiger partial charge < -0.3 is 19.0 Å². The Labute approximate surface area is 223 Å². The third-order valence-electron chi connectivity index (χ3n) is 7.68. The number of aromatic nitrogens is 3. The highest BCUT2D eigenvalue weighted by atomic mass is 16.5. The summed E-state index contributed by atoms with van der Waals surface area (Å²) in [5.41, 5.74) is 6.97. The zero-order chi connectivity index (χ0) is 26.1. The second kappa shape index (κ2) is 10.6. The Hall–Kier alpha value is -3.65. The van der Waals surface area contributed by atoms with Crippen molar-refractivity contribution in [3.05, 3.63) is 76.5 Å². The first-order chi connectivity index (χ1) is 18.5. The molecule has 1 fully saturated rings. The van der Waals surface area contributed by atoms with E-state index in [1.807, 2.05) is 41.6 Å². The molecule has 1 amide bonds. The third kappa shape index (κ3) is 5.18. The van der Waals surface area contributed by atoms with Crippen molar-refractivity contribution >= 4 is 22.6 Å². The summed E-state index contributed by atoms with van der Waals surface area (Å²) in [5, 5.41) is 5.68. The molecule has 0 atom stereocenters. The van der Waals surface area contributed by atoms with Crippen molar-refractivity contribution in [1.82, 2.24) is 19.7 Å². The van der Waals surface area contributed by atoms with Crippen molar-refractivity contribution in [3.63, 3.8) is 0 Å². The fourth-order valence-corrected chi connectivity index (χ4v) is 5.74. The van der Waals surface area contributed by atoms with Gasteiger partial charge in [-0.2, -0.15) is 5.10 Å². The van der Waals surface area contributed by atoms with Gasteiger partial charge in [-0.15, -0.1) is 0 Å². The van der Waals surface area contributed by atoms with Crippen molar-refractivity contribution in [2.24, 2.45) is 0 Å². The smallest absolute Gasteiger partial charge is 0.225 e. The molecule has 198 valence electrons. The number of rotatable bonds is 8. The Kier molecular flexibility index (Phi) is 6.89. The van der Waals surface area contributed by atoms with Crippen LogP contribution in [0.15, 0.2) is 47.1 Å². The molecule has 3 aromatic heterocycles. The van der Waals surface area contributed by atoms with E-state index in [1.165, 1.54) is 17.5 Å². The Bertz CT molecular complexity index is 1440. The minimum absolute atomic E-state index is 0.0657. The summed E-state index contributed by atoms with van der Waals surface area (Å²) in [6.45, 7) is 8.37. The maximum Gasteiger partial charge on any atom is 0.225 e. The highest BCUT2D eigenvalue weighted by Crippen LogP contribution is 2.31. The topological polar surface area (TPSA) is 76.6 Å². The summed E-state index contributed by atoms with van der Waals surface area (Å²) < 4.78 is 13.2. The van der Waals surface area contributed by atoms with Gasteiger partial charge in [-0.05, 0) is 80.6 Å². The van der Waals surface area contributed by atoms with E-state index < -0.39 is 0 Å². The van der Waals surface area contributed by atoms with Gasteiger partial charge in [-0.1, -0.05) is 0 Å². The van der Waals surface area contributed by atoms with E-state index in [9.17, 15) is 4.79 Å². The minimum atomic E-state index is 0.0657. The number of benzene rings is 1. The molecule has 1 saturated heterocycles. The summed E-state index contributed by atoms with van der Waals surface area (Å²) in [4.78, 5) is 23.0. The minimum Gasteiger partial charge on any atom is -0.467 e. The highest BCUT2D eigenvalue weighted by molar-refractivity contribution is 5.84. The van der Waals surface area contributed by atoms with Crippen molar-refractivity contribution in [3.8, 4) is 0 Å². The molecular formula is C30H35N5O3. The lowest BCUT2D eigenvalue weighted by Crippen LogP contribution is -2.38. The predicted octanol–water partition coefficient (Wildman–Crippen LogP) is 4.59. The zero-order valence-corrected chi connectivity index (χ0v) is 22.3. The van der Waals surface area contributed by atoms with Gasteiger partial charge in [-0.3, -0.25) is 9.48 Å². The van der Waals surface area contributed by atoms with Crippen molar-refractivity contribution in [1.29, 1.82) is 0 Å². The summed E-state index contributed by atoms with van der Waals surface area (Å²) >= 11 is 0. The van der Waals surface area contributed by atoms with Crippen LogP contribution in [0.4, 0.5) is 5.82 Å². The van der Waals surface area contributed by atoms with Gasteiger partial charge in [0.15, 0.2) is 0 Å². The van der Waals surface area contributed by atoms with E-state index in [0.29, 0.717) is 39.3 Å². The number of ether oxygens (including phenoxy) is 1. The van der Waals surface area contributed by atoms with E-state index in [-0.39, 0.29) is 5.91 Å². The third-order valence-corrected chi connectivity index (χ3v) is 7.68. The Morgan fingerprint density at radius 1 is 1.05 bits per heavy atom. The molecule has 4 heterocycles. The molecule has 1 aliphatic carbocycles. The van der Waals surface area contributed by atoms with Crippen LogP contribution in [0, 0.1) is 13.8 Å². The van der Waals surface area contributed by atoms with Crippen LogP contribution in [0.5, 0.6) is 0 Å². The number of hydrogen-bond donors (Lipinski definition) is 0. The van der Waals surface area contributed by atoms with Gasteiger partial charge in [0.25, 0.3) is 0 Å². The molecule has 0 saturated carbocycles. The Balaban J connectivity index is 1.33. The molecule has 0 spiro atoms. The van der Waals surface area contributed by atoms with E-state index in [0.717, 1.165) is 65.4 Å². The SMILES string of the molecule is Cc1cc(C)n(CCC(=O)N(Cc2ccco2)Cc2cc3cc4c(cc3nc2N2CCOCC2)CCC4)n1. The summed E-state index contributed by atoms with van der Waals surface area (Å²) in [6, 6.07) is 12.6. The number of fused-ring (bicyclic) bond motifs is 2. The number of anilines is 1. The molecule has 0 N–H and O–H groups in total. The molecule has 2 aliphatic rings. The molecule has 6 rings (SSSR count). The largest absolute Gasteiger partial charge is 0.467 e. The number of carbonyl (C=O) groups excluding carboxylic acids is 1. The van der Waals surface area contributed by atoms with Crippen LogP contribution < -0.4 is 4.90 Å². The fourth-order valence-electron chi connectivity index (χ4n) is 5.74. The molecule has 8 heteroatoms. The lowest BCUT2D eigenvalue weighted by atomic mass is 10.0. The highest BCUT2D eigenvalue weighted by Gasteiger charge is 2.23. The standard InChI is InChI=1S/C30H35N5O3/c1-21-15-22(2)35(32-21)9-8-29(36)34(20-27-7-4-12-38-27)19-26-17-25-16-23-5-3-6-24(23)18-28(25)31-30(26)33-10-13-37-14-11-33/h4,7,12,15-18H,3,5-6,8-11,13-14,19-20H2,1-2H3. The molecule has 0 radical (unpaired) electrons. The molecule has 1 aromatic carbocycles. The summed E-state index contributed by atoms with van der Waals surface area (Å²) in [7, 11) is 0. The number of hydrogen-bond acceptors (Lipinski definition) is 6. The van der Waals surface area contributed by atoms with Crippen molar-refractivity contribution in [2.45, 2.75) is 59.2 Å². The first-order valence-electron chi connectivity index (χ1n) is 13.6. The quantitative estimate of drug-likeness (QED) is 0.343. The lowest BCUT2D eigenvalue weighted by Gasteiger charge is -2.31. The Morgan fingerprint density at radius 2 is 1.87 bits per heavy atom.